The van der Waals surface area contributed by atoms with Crippen molar-refractivity contribution >= 4 is 5.91 Å². The lowest BCUT2D eigenvalue weighted by atomic mass is 9.78. The molecule has 1 atom stereocenters. The summed E-state index contributed by atoms with van der Waals surface area (Å²) in [6, 6.07) is 5.44. The number of rotatable bonds is 4. The lowest BCUT2D eigenvalue weighted by molar-refractivity contribution is -0.146. The number of hydrogen-bond acceptors (Lipinski definition) is 3. The van der Waals surface area contributed by atoms with Crippen molar-refractivity contribution in [3.05, 3.63) is 29.6 Å². The Balaban J connectivity index is 1.49. The minimum absolute atomic E-state index is 0.225. The van der Waals surface area contributed by atoms with Gasteiger partial charge < -0.3 is 9.64 Å². The standard InChI is InChI=1S/C20H27FN2O2/c1-25-17-6-7-18(21)15(12-17)13-22-10-3-8-20(19(22)24)9-11-23(14-20)16-4-2-5-16/h6-7,12,16H,2-5,8-11,13-14H2,1H3. The van der Waals surface area contributed by atoms with Gasteiger partial charge in [0.15, 0.2) is 0 Å². The zero-order valence-corrected chi connectivity index (χ0v) is 15.0. The van der Waals surface area contributed by atoms with E-state index in [1.807, 2.05) is 4.90 Å². The van der Waals surface area contributed by atoms with Crippen LogP contribution in [0.4, 0.5) is 4.39 Å². The van der Waals surface area contributed by atoms with E-state index in [9.17, 15) is 9.18 Å². The molecule has 1 amide bonds. The Morgan fingerprint density at radius 3 is 2.80 bits per heavy atom. The number of methoxy groups -OCH3 is 1. The van der Waals surface area contributed by atoms with Crippen molar-refractivity contribution in [2.24, 2.45) is 5.41 Å². The van der Waals surface area contributed by atoms with Gasteiger partial charge in [-0.2, -0.15) is 0 Å². The van der Waals surface area contributed by atoms with Crippen LogP contribution in [0.5, 0.6) is 5.75 Å². The SMILES string of the molecule is COc1ccc(F)c(CN2CCCC3(CCN(C4CCC4)C3)C2=O)c1. The number of halogens is 1. The third-order valence-corrected chi connectivity index (χ3v) is 6.41. The quantitative estimate of drug-likeness (QED) is 0.839. The van der Waals surface area contributed by atoms with E-state index >= 15 is 0 Å². The summed E-state index contributed by atoms with van der Waals surface area (Å²) in [5, 5.41) is 0. The van der Waals surface area contributed by atoms with Crippen LogP contribution in [-0.4, -0.2) is 48.5 Å². The van der Waals surface area contributed by atoms with E-state index in [1.54, 1.807) is 19.2 Å². The number of likely N-dealkylation sites (tertiary alicyclic amines) is 2. The van der Waals surface area contributed by atoms with E-state index in [0.717, 1.165) is 38.9 Å². The van der Waals surface area contributed by atoms with Gasteiger partial charge in [-0.15, -0.1) is 0 Å². The molecule has 0 bridgehead atoms. The highest BCUT2D eigenvalue weighted by Gasteiger charge is 2.49. The number of ether oxygens (including phenoxy) is 1. The first-order valence-electron chi connectivity index (χ1n) is 9.47. The fourth-order valence-electron chi connectivity index (χ4n) is 4.65. The van der Waals surface area contributed by atoms with Crippen LogP contribution in [0.15, 0.2) is 18.2 Å². The molecule has 136 valence electrons. The Hall–Kier alpha value is -1.62. The smallest absolute Gasteiger partial charge is 0.230 e. The van der Waals surface area contributed by atoms with Gasteiger partial charge in [0.1, 0.15) is 11.6 Å². The summed E-state index contributed by atoms with van der Waals surface area (Å²) in [6.07, 6.45) is 6.83. The molecular weight excluding hydrogens is 319 g/mol. The van der Waals surface area contributed by atoms with E-state index in [1.165, 1.54) is 25.3 Å². The van der Waals surface area contributed by atoms with E-state index < -0.39 is 0 Å². The van der Waals surface area contributed by atoms with Gasteiger partial charge in [0, 0.05) is 31.2 Å². The highest BCUT2D eigenvalue weighted by Crippen LogP contribution is 2.43. The van der Waals surface area contributed by atoms with Crippen LogP contribution in [0.3, 0.4) is 0 Å². The first-order chi connectivity index (χ1) is 12.1. The molecule has 1 aromatic carbocycles. The van der Waals surface area contributed by atoms with Crippen LogP contribution in [0.25, 0.3) is 0 Å². The molecule has 4 rings (SSSR count). The second kappa shape index (κ2) is 6.60. The van der Waals surface area contributed by atoms with Crippen molar-refractivity contribution in [3.63, 3.8) is 0 Å². The first-order valence-corrected chi connectivity index (χ1v) is 9.47. The summed E-state index contributed by atoms with van der Waals surface area (Å²) in [6.45, 7) is 3.00. The van der Waals surface area contributed by atoms with Gasteiger partial charge in [0.2, 0.25) is 5.91 Å². The van der Waals surface area contributed by atoms with Crippen LogP contribution in [0, 0.1) is 11.2 Å². The number of amides is 1. The highest BCUT2D eigenvalue weighted by atomic mass is 19.1. The number of hydrogen-bond donors (Lipinski definition) is 0. The predicted molar refractivity (Wildman–Crippen MR) is 93.9 cm³/mol. The average molecular weight is 346 g/mol. The fraction of sp³-hybridized carbons (Fsp3) is 0.650. The van der Waals surface area contributed by atoms with Crippen molar-refractivity contribution < 1.29 is 13.9 Å². The molecule has 0 radical (unpaired) electrons. The molecule has 4 nitrogen and oxygen atoms in total. The molecule has 5 heteroatoms. The van der Waals surface area contributed by atoms with Crippen LogP contribution in [-0.2, 0) is 11.3 Å². The predicted octanol–water partition coefficient (Wildman–Crippen LogP) is 3.20. The van der Waals surface area contributed by atoms with E-state index in [0.29, 0.717) is 23.9 Å². The normalized spacial score (nSPS) is 27.8. The largest absolute Gasteiger partial charge is 0.497 e. The zero-order valence-electron chi connectivity index (χ0n) is 15.0. The van der Waals surface area contributed by atoms with Crippen molar-refractivity contribution in [1.82, 2.24) is 9.80 Å². The van der Waals surface area contributed by atoms with Gasteiger partial charge in [-0.3, -0.25) is 9.69 Å². The molecule has 1 saturated carbocycles. The minimum atomic E-state index is -0.268. The molecule has 2 saturated heterocycles. The maximum absolute atomic E-state index is 14.2. The Morgan fingerprint density at radius 2 is 2.08 bits per heavy atom. The van der Waals surface area contributed by atoms with Crippen LogP contribution in [0.1, 0.15) is 44.1 Å². The topological polar surface area (TPSA) is 32.8 Å². The number of carbonyl (C=O) groups is 1. The third kappa shape index (κ3) is 3.03. The van der Waals surface area contributed by atoms with Gasteiger partial charge >= 0.3 is 0 Å². The monoisotopic (exact) mass is 346 g/mol. The minimum Gasteiger partial charge on any atom is -0.497 e. The molecule has 0 aromatic heterocycles. The number of nitrogens with zero attached hydrogens (tertiary/aromatic N) is 2. The van der Waals surface area contributed by atoms with Crippen LogP contribution < -0.4 is 4.74 Å². The molecule has 1 spiro atoms. The van der Waals surface area contributed by atoms with Gasteiger partial charge in [-0.05, 0) is 56.8 Å². The summed E-state index contributed by atoms with van der Waals surface area (Å²) in [4.78, 5) is 17.6. The fourth-order valence-corrected chi connectivity index (χ4v) is 4.65. The lowest BCUT2D eigenvalue weighted by Crippen LogP contribution is -2.50. The molecule has 0 N–H and O–H groups in total. The molecule has 25 heavy (non-hydrogen) atoms. The summed E-state index contributed by atoms with van der Waals surface area (Å²) in [5.41, 5.74) is 0.307. The second-order valence-corrected chi connectivity index (χ2v) is 7.87. The maximum Gasteiger partial charge on any atom is 0.230 e. The summed E-state index contributed by atoms with van der Waals surface area (Å²) >= 11 is 0. The highest BCUT2D eigenvalue weighted by molar-refractivity contribution is 5.84. The van der Waals surface area contributed by atoms with Crippen molar-refractivity contribution in [1.29, 1.82) is 0 Å². The molecule has 1 aromatic rings. The molecule has 3 aliphatic rings. The number of benzene rings is 1. The van der Waals surface area contributed by atoms with E-state index in [4.69, 9.17) is 4.74 Å². The summed E-state index contributed by atoms with van der Waals surface area (Å²) in [7, 11) is 1.58. The summed E-state index contributed by atoms with van der Waals surface area (Å²) < 4.78 is 19.4. The van der Waals surface area contributed by atoms with Crippen LogP contribution in [0.2, 0.25) is 0 Å². The lowest BCUT2D eigenvalue weighted by Gasteiger charge is -2.41. The van der Waals surface area contributed by atoms with Gasteiger partial charge in [0.25, 0.3) is 0 Å². The molecule has 2 aliphatic heterocycles. The van der Waals surface area contributed by atoms with Crippen molar-refractivity contribution in [2.75, 3.05) is 26.7 Å². The van der Waals surface area contributed by atoms with E-state index in [-0.39, 0.29) is 17.1 Å². The van der Waals surface area contributed by atoms with Crippen molar-refractivity contribution in [3.8, 4) is 5.75 Å². The molecule has 3 fully saturated rings. The van der Waals surface area contributed by atoms with Crippen molar-refractivity contribution in [2.45, 2.75) is 51.1 Å². The maximum atomic E-state index is 14.2. The Labute approximate surface area is 148 Å². The Bertz CT molecular complexity index is 661. The van der Waals surface area contributed by atoms with Gasteiger partial charge in [-0.25, -0.2) is 4.39 Å². The molecule has 1 unspecified atom stereocenters. The zero-order chi connectivity index (χ0) is 17.4. The molecule has 1 aliphatic carbocycles. The van der Waals surface area contributed by atoms with Gasteiger partial charge in [0.05, 0.1) is 12.5 Å². The third-order valence-electron chi connectivity index (χ3n) is 6.41. The molecule has 2 heterocycles. The average Bonchev–Trinajstić information content (AvgIpc) is 2.97. The Morgan fingerprint density at radius 1 is 1.24 bits per heavy atom. The van der Waals surface area contributed by atoms with E-state index in [2.05, 4.69) is 4.90 Å². The Kier molecular flexibility index (Phi) is 4.44. The van der Waals surface area contributed by atoms with Crippen LogP contribution >= 0.6 is 0 Å². The molecular formula is C20H27FN2O2. The number of carbonyl (C=O) groups excluding carboxylic acids is 1. The summed E-state index contributed by atoms with van der Waals surface area (Å²) in [5.74, 6) is 0.589. The van der Waals surface area contributed by atoms with Gasteiger partial charge in [-0.1, -0.05) is 6.42 Å². The number of piperidine rings is 1. The first kappa shape index (κ1) is 16.8. The second-order valence-electron chi connectivity index (χ2n) is 7.87.